The molecule has 0 spiro atoms. The lowest BCUT2D eigenvalue weighted by Gasteiger charge is -2.51. The number of piperidine rings is 1. The van der Waals surface area contributed by atoms with Crippen molar-refractivity contribution < 1.29 is 9.47 Å². The molecule has 0 aliphatic carbocycles. The van der Waals surface area contributed by atoms with Gasteiger partial charge in [-0.1, -0.05) is 0 Å². The van der Waals surface area contributed by atoms with Crippen LogP contribution >= 0.6 is 0 Å². The van der Waals surface area contributed by atoms with E-state index in [1.165, 1.54) is 45.2 Å². The van der Waals surface area contributed by atoms with Gasteiger partial charge >= 0.3 is 0 Å². The maximum absolute atomic E-state index is 6.52. The third kappa shape index (κ3) is 6.57. The SMILES string of the molecule is CC1CN(C2CC3CCC(C2)N3C(C)(C)C)CC(CCC2CN(C3CCN(C(C)(C)C)C3)CC(C)O2)O1. The Kier molecular flexibility index (Phi) is 8.39. The van der Waals surface area contributed by atoms with Gasteiger partial charge in [0.25, 0.3) is 0 Å². The first-order valence-corrected chi connectivity index (χ1v) is 15.7. The molecule has 0 aromatic heterocycles. The molecule has 5 aliphatic rings. The summed E-state index contributed by atoms with van der Waals surface area (Å²) in [6.45, 7) is 25.7. The fourth-order valence-corrected chi connectivity index (χ4v) is 8.64. The average molecular weight is 519 g/mol. The lowest BCUT2D eigenvalue weighted by Crippen LogP contribution is -2.59. The van der Waals surface area contributed by atoms with Gasteiger partial charge in [-0.2, -0.15) is 0 Å². The molecule has 37 heavy (non-hydrogen) atoms. The molecule has 5 fully saturated rings. The number of nitrogens with zero attached hydrogens (tertiary/aromatic N) is 4. The van der Waals surface area contributed by atoms with Crippen molar-refractivity contribution in [2.45, 2.75) is 160 Å². The molecule has 214 valence electrons. The number of hydrogen-bond acceptors (Lipinski definition) is 6. The highest BCUT2D eigenvalue weighted by molar-refractivity contribution is 5.03. The third-order valence-corrected chi connectivity index (χ3v) is 10.1. The zero-order chi connectivity index (χ0) is 26.5. The van der Waals surface area contributed by atoms with Crippen LogP contribution in [0.5, 0.6) is 0 Å². The second-order valence-electron chi connectivity index (χ2n) is 15.3. The van der Waals surface area contributed by atoms with E-state index in [1.54, 1.807) is 0 Å². The number of morpholine rings is 2. The minimum Gasteiger partial charge on any atom is -0.373 e. The van der Waals surface area contributed by atoms with Crippen LogP contribution in [-0.4, -0.2) is 119 Å². The van der Waals surface area contributed by atoms with Gasteiger partial charge in [-0.3, -0.25) is 19.6 Å². The molecule has 2 bridgehead atoms. The zero-order valence-corrected chi connectivity index (χ0v) is 25.4. The van der Waals surface area contributed by atoms with Crippen molar-refractivity contribution in [3.05, 3.63) is 0 Å². The molecule has 5 rings (SSSR count). The molecule has 7 unspecified atom stereocenters. The van der Waals surface area contributed by atoms with Gasteiger partial charge in [-0.15, -0.1) is 0 Å². The van der Waals surface area contributed by atoms with Gasteiger partial charge in [-0.05, 0) is 100 Å². The number of likely N-dealkylation sites (tertiary alicyclic amines) is 1. The molecule has 5 aliphatic heterocycles. The minimum atomic E-state index is 0.274. The topological polar surface area (TPSA) is 31.4 Å². The van der Waals surface area contributed by atoms with Crippen LogP contribution in [0.1, 0.15) is 100 Å². The Labute approximate surface area is 228 Å². The fourth-order valence-electron chi connectivity index (χ4n) is 8.64. The lowest BCUT2D eigenvalue weighted by atomic mass is 9.90. The number of hydrogen-bond donors (Lipinski definition) is 0. The van der Waals surface area contributed by atoms with Gasteiger partial charge in [0.1, 0.15) is 0 Å². The summed E-state index contributed by atoms with van der Waals surface area (Å²) in [5, 5.41) is 0. The zero-order valence-electron chi connectivity index (χ0n) is 25.4. The highest BCUT2D eigenvalue weighted by Gasteiger charge is 2.47. The largest absolute Gasteiger partial charge is 0.373 e. The molecule has 0 amide bonds. The molecule has 0 N–H and O–H groups in total. The third-order valence-electron chi connectivity index (χ3n) is 10.1. The first-order chi connectivity index (χ1) is 17.4. The van der Waals surface area contributed by atoms with Gasteiger partial charge in [0, 0.05) is 74.5 Å². The van der Waals surface area contributed by atoms with Gasteiger partial charge < -0.3 is 9.47 Å². The standard InChI is InChI=1S/C31H58N4O2/c1-22-17-32(26-13-14-34(19-26)30(3,4)5)20-28(36-22)11-12-29-21-33(18-23(2)37-29)27-15-24-9-10-25(16-27)35(24)31(6,7)8/h22-29H,9-21H2,1-8H3. The first-order valence-electron chi connectivity index (χ1n) is 15.7. The second kappa shape index (κ2) is 11.0. The fraction of sp³-hybridized carbons (Fsp3) is 1.00. The summed E-state index contributed by atoms with van der Waals surface area (Å²) in [7, 11) is 0. The normalized spacial score (nSPS) is 41.5. The number of fused-ring (bicyclic) bond motifs is 2. The maximum atomic E-state index is 6.52. The number of ether oxygens (including phenoxy) is 2. The molecule has 0 saturated carbocycles. The quantitative estimate of drug-likeness (QED) is 0.528. The Morgan fingerprint density at radius 3 is 1.57 bits per heavy atom. The van der Waals surface area contributed by atoms with E-state index >= 15 is 0 Å². The van der Waals surface area contributed by atoms with E-state index in [2.05, 4.69) is 75.0 Å². The average Bonchev–Trinajstić information content (AvgIpc) is 3.40. The Morgan fingerprint density at radius 1 is 0.595 bits per heavy atom. The monoisotopic (exact) mass is 518 g/mol. The van der Waals surface area contributed by atoms with Crippen LogP contribution in [0.25, 0.3) is 0 Å². The minimum absolute atomic E-state index is 0.274. The molecule has 5 heterocycles. The van der Waals surface area contributed by atoms with Crippen LogP contribution in [0.3, 0.4) is 0 Å². The molecule has 5 saturated heterocycles. The van der Waals surface area contributed by atoms with Gasteiger partial charge in [0.2, 0.25) is 0 Å². The van der Waals surface area contributed by atoms with Crippen LogP contribution in [0, 0.1) is 0 Å². The van der Waals surface area contributed by atoms with Gasteiger partial charge in [0.05, 0.1) is 24.4 Å². The summed E-state index contributed by atoms with van der Waals surface area (Å²) >= 11 is 0. The summed E-state index contributed by atoms with van der Waals surface area (Å²) in [5.41, 5.74) is 0.571. The van der Waals surface area contributed by atoms with Crippen molar-refractivity contribution in [3.8, 4) is 0 Å². The number of rotatable bonds is 5. The van der Waals surface area contributed by atoms with E-state index in [1.807, 2.05) is 0 Å². The Bertz CT molecular complexity index is 749. The van der Waals surface area contributed by atoms with Crippen LogP contribution in [-0.2, 0) is 9.47 Å². The van der Waals surface area contributed by atoms with Crippen molar-refractivity contribution in [2.24, 2.45) is 0 Å². The Hall–Kier alpha value is -0.240. The predicted molar refractivity (Wildman–Crippen MR) is 152 cm³/mol. The highest BCUT2D eigenvalue weighted by Crippen LogP contribution is 2.42. The van der Waals surface area contributed by atoms with Crippen molar-refractivity contribution >= 4 is 0 Å². The maximum Gasteiger partial charge on any atom is 0.0707 e. The van der Waals surface area contributed by atoms with Gasteiger partial charge in [-0.25, -0.2) is 0 Å². The molecule has 6 nitrogen and oxygen atoms in total. The van der Waals surface area contributed by atoms with Crippen molar-refractivity contribution in [1.29, 1.82) is 0 Å². The van der Waals surface area contributed by atoms with E-state index in [4.69, 9.17) is 9.47 Å². The Balaban J connectivity index is 1.13. The molecule has 0 aromatic carbocycles. The van der Waals surface area contributed by atoms with Crippen molar-refractivity contribution in [3.63, 3.8) is 0 Å². The molecule has 6 heteroatoms. The van der Waals surface area contributed by atoms with Gasteiger partial charge in [0.15, 0.2) is 0 Å². The summed E-state index contributed by atoms with van der Waals surface area (Å²) in [6.07, 6.45) is 10.4. The molecular formula is C31H58N4O2. The van der Waals surface area contributed by atoms with E-state index in [0.717, 1.165) is 57.1 Å². The predicted octanol–water partition coefficient (Wildman–Crippen LogP) is 4.61. The molecular weight excluding hydrogens is 460 g/mol. The van der Waals surface area contributed by atoms with Crippen LogP contribution < -0.4 is 0 Å². The van der Waals surface area contributed by atoms with Crippen molar-refractivity contribution in [2.75, 3.05) is 39.3 Å². The van der Waals surface area contributed by atoms with Crippen molar-refractivity contribution in [1.82, 2.24) is 19.6 Å². The van der Waals surface area contributed by atoms with E-state index < -0.39 is 0 Å². The summed E-state index contributed by atoms with van der Waals surface area (Å²) in [6, 6.07) is 2.96. The summed E-state index contributed by atoms with van der Waals surface area (Å²) < 4.78 is 13.0. The summed E-state index contributed by atoms with van der Waals surface area (Å²) in [4.78, 5) is 11.1. The van der Waals surface area contributed by atoms with E-state index in [0.29, 0.717) is 36.0 Å². The molecule has 0 radical (unpaired) electrons. The Morgan fingerprint density at radius 2 is 1.11 bits per heavy atom. The second-order valence-corrected chi connectivity index (χ2v) is 15.3. The molecule has 0 aromatic rings. The molecule has 7 atom stereocenters. The highest BCUT2D eigenvalue weighted by atomic mass is 16.5. The van der Waals surface area contributed by atoms with Crippen LogP contribution in [0.4, 0.5) is 0 Å². The smallest absolute Gasteiger partial charge is 0.0707 e. The van der Waals surface area contributed by atoms with Crippen LogP contribution in [0.15, 0.2) is 0 Å². The first kappa shape index (κ1) is 28.3. The van der Waals surface area contributed by atoms with E-state index in [-0.39, 0.29) is 5.54 Å². The lowest BCUT2D eigenvalue weighted by molar-refractivity contribution is -0.120. The van der Waals surface area contributed by atoms with E-state index in [9.17, 15) is 0 Å². The summed E-state index contributed by atoms with van der Waals surface area (Å²) in [5.74, 6) is 0. The van der Waals surface area contributed by atoms with Crippen LogP contribution in [0.2, 0.25) is 0 Å².